The molecular formula is C18H19N3O3. The van der Waals surface area contributed by atoms with E-state index in [0.29, 0.717) is 29.6 Å². The van der Waals surface area contributed by atoms with Crippen LogP contribution in [0.1, 0.15) is 28.8 Å². The Hall–Kier alpha value is -2.89. The van der Waals surface area contributed by atoms with E-state index < -0.39 is 0 Å². The highest BCUT2D eigenvalue weighted by Crippen LogP contribution is 2.19. The van der Waals surface area contributed by atoms with Gasteiger partial charge in [-0.15, -0.1) is 0 Å². The van der Waals surface area contributed by atoms with Crippen molar-refractivity contribution in [2.75, 3.05) is 12.4 Å². The number of carbonyl (C=O) groups is 2. The first-order valence-corrected chi connectivity index (χ1v) is 7.84. The first kappa shape index (κ1) is 16.0. The van der Waals surface area contributed by atoms with Crippen molar-refractivity contribution >= 4 is 17.5 Å². The van der Waals surface area contributed by atoms with Gasteiger partial charge in [-0.3, -0.25) is 9.59 Å². The second-order valence-corrected chi connectivity index (χ2v) is 5.76. The molecule has 0 spiro atoms. The van der Waals surface area contributed by atoms with Gasteiger partial charge in [0.05, 0.1) is 13.5 Å². The van der Waals surface area contributed by atoms with Gasteiger partial charge < -0.3 is 15.4 Å². The van der Waals surface area contributed by atoms with Gasteiger partial charge in [-0.25, -0.2) is 4.98 Å². The largest absolute Gasteiger partial charge is 0.481 e. The second kappa shape index (κ2) is 7.12. The summed E-state index contributed by atoms with van der Waals surface area (Å²) < 4.78 is 5.01. The van der Waals surface area contributed by atoms with Crippen LogP contribution in [-0.2, 0) is 11.2 Å². The van der Waals surface area contributed by atoms with Crippen molar-refractivity contribution in [3.63, 3.8) is 0 Å². The van der Waals surface area contributed by atoms with Crippen molar-refractivity contribution in [1.29, 1.82) is 0 Å². The molecule has 1 aromatic carbocycles. The zero-order valence-electron chi connectivity index (χ0n) is 13.4. The third-order valence-electron chi connectivity index (χ3n) is 3.73. The summed E-state index contributed by atoms with van der Waals surface area (Å²) >= 11 is 0. The summed E-state index contributed by atoms with van der Waals surface area (Å²) in [4.78, 5) is 28.0. The van der Waals surface area contributed by atoms with Crippen LogP contribution in [0.15, 0.2) is 42.6 Å². The summed E-state index contributed by atoms with van der Waals surface area (Å²) in [6.07, 6.45) is 4.04. The number of pyridine rings is 1. The van der Waals surface area contributed by atoms with Gasteiger partial charge in [-0.05, 0) is 36.6 Å². The van der Waals surface area contributed by atoms with E-state index in [4.69, 9.17) is 4.74 Å². The minimum absolute atomic E-state index is 0.0400. The zero-order valence-corrected chi connectivity index (χ0v) is 13.4. The summed E-state index contributed by atoms with van der Waals surface area (Å²) in [6.45, 7) is 0. The minimum atomic E-state index is -0.241. The molecule has 6 heteroatoms. The highest BCUT2D eigenvalue weighted by molar-refractivity contribution is 6.04. The first-order valence-electron chi connectivity index (χ1n) is 7.84. The fraction of sp³-hybridized carbons (Fsp3) is 0.278. The quantitative estimate of drug-likeness (QED) is 0.853. The topological polar surface area (TPSA) is 80.3 Å². The molecule has 24 heavy (non-hydrogen) atoms. The van der Waals surface area contributed by atoms with E-state index in [1.54, 1.807) is 24.3 Å². The lowest BCUT2D eigenvalue weighted by Crippen LogP contribution is -2.26. The number of amides is 2. The highest BCUT2D eigenvalue weighted by Gasteiger charge is 2.23. The maximum Gasteiger partial charge on any atom is 0.255 e. The number of aromatic nitrogens is 1. The zero-order chi connectivity index (χ0) is 16.9. The molecule has 1 aliphatic rings. The van der Waals surface area contributed by atoms with Gasteiger partial charge in [-0.2, -0.15) is 0 Å². The molecule has 0 unspecified atom stereocenters. The molecule has 0 bridgehead atoms. The van der Waals surface area contributed by atoms with Gasteiger partial charge in [0, 0.05) is 29.6 Å². The number of nitrogens with zero attached hydrogens (tertiary/aromatic N) is 1. The second-order valence-electron chi connectivity index (χ2n) is 5.76. The third-order valence-corrected chi connectivity index (χ3v) is 3.73. The Morgan fingerprint density at radius 2 is 1.96 bits per heavy atom. The fourth-order valence-electron chi connectivity index (χ4n) is 2.26. The van der Waals surface area contributed by atoms with Crippen molar-refractivity contribution in [3.05, 3.63) is 53.7 Å². The number of carbonyl (C=O) groups excluding carboxylic acids is 2. The lowest BCUT2D eigenvalue weighted by molar-refractivity contribution is -0.120. The van der Waals surface area contributed by atoms with Gasteiger partial charge in [-0.1, -0.05) is 12.1 Å². The summed E-state index contributed by atoms with van der Waals surface area (Å²) in [5.74, 6) is 0.188. The van der Waals surface area contributed by atoms with E-state index in [-0.39, 0.29) is 11.8 Å². The van der Waals surface area contributed by atoms with Crippen LogP contribution in [0.25, 0.3) is 0 Å². The normalized spacial score (nSPS) is 13.2. The van der Waals surface area contributed by atoms with Gasteiger partial charge in [0.25, 0.3) is 5.91 Å². The average Bonchev–Trinajstić information content (AvgIpc) is 3.40. The summed E-state index contributed by atoms with van der Waals surface area (Å²) in [7, 11) is 1.50. The maximum absolute atomic E-state index is 12.2. The van der Waals surface area contributed by atoms with Crippen LogP contribution in [0.3, 0.4) is 0 Å². The number of methoxy groups -OCH3 is 1. The molecule has 2 aromatic rings. The molecule has 124 valence electrons. The van der Waals surface area contributed by atoms with Crippen LogP contribution >= 0.6 is 0 Å². The molecule has 1 fully saturated rings. The van der Waals surface area contributed by atoms with Crippen molar-refractivity contribution in [2.24, 2.45) is 0 Å². The average molecular weight is 325 g/mol. The van der Waals surface area contributed by atoms with E-state index in [9.17, 15) is 9.59 Å². The maximum atomic E-state index is 12.2. The number of hydrogen-bond acceptors (Lipinski definition) is 4. The van der Waals surface area contributed by atoms with E-state index in [1.807, 2.05) is 12.1 Å². The molecule has 6 nitrogen and oxygen atoms in total. The van der Waals surface area contributed by atoms with E-state index in [2.05, 4.69) is 15.6 Å². The predicted molar refractivity (Wildman–Crippen MR) is 90.1 cm³/mol. The summed E-state index contributed by atoms with van der Waals surface area (Å²) in [6, 6.07) is 10.8. The van der Waals surface area contributed by atoms with Gasteiger partial charge >= 0.3 is 0 Å². The molecule has 1 aliphatic carbocycles. The number of benzene rings is 1. The van der Waals surface area contributed by atoms with Gasteiger partial charge in [0.15, 0.2) is 0 Å². The van der Waals surface area contributed by atoms with Crippen LogP contribution in [0.5, 0.6) is 5.88 Å². The fourth-order valence-corrected chi connectivity index (χ4v) is 2.26. The van der Waals surface area contributed by atoms with Crippen molar-refractivity contribution < 1.29 is 14.3 Å². The third kappa shape index (κ3) is 4.32. The molecule has 1 saturated carbocycles. The highest BCUT2D eigenvalue weighted by atomic mass is 16.5. The Kier molecular flexibility index (Phi) is 4.74. The van der Waals surface area contributed by atoms with Crippen molar-refractivity contribution in [1.82, 2.24) is 10.3 Å². The summed E-state index contributed by atoms with van der Waals surface area (Å²) in [5, 5.41) is 5.76. The Morgan fingerprint density at radius 1 is 1.21 bits per heavy atom. The molecule has 2 N–H and O–H groups in total. The van der Waals surface area contributed by atoms with Gasteiger partial charge in [0.1, 0.15) is 0 Å². The lowest BCUT2D eigenvalue weighted by Gasteiger charge is -2.08. The molecule has 0 atom stereocenters. The number of nitrogens with one attached hydrogen (secondary N) is 2. The van der Waals surface area contributed by atoms with E-state index >= 15 is 0 Å². The molecule has 1 aromatic heterocycles. The van der Waals surface area contributed by atoms with Crippen molar-refractivity contribution in [3.8, 4) is 5.88 Å². The lowest BCUT2D eigenvalue weighted by atomic mass is 10.1. The summed E-state index contributed by atoms with van der Waals surface area (Å²) in [5.41, 5.74) is 2.05. The number of hydrogen-bond donors (Lipinski definition) is 2. The van der Waals surface area contributed by atoms with Crippen LogP contribution in [0.4, 0.5) is 5.69 Å². The molecule has 0 radical (unpaired) electrons. The molecule has 3 rings (SSSR count). The van der Waals surface area contributed by atoms with E-state index in [0.717, 1.165) is 18.4 Å². The smallest absolute Gasteiger partial charge is 0.255 e. The first-order chi connectivity index (χ1) is 11.6. The molecule has 0 saturated heterocycles. The number of rotatable bonds is 6. The number of ether oxygens (including phenoxy) is 1. The SMILES string of the molecule is COc1cc(C(=O)Nc2ccc(CC(=O)NC3CC3)cc2)ccn1. The monoisotopic (exact) mass is 325 g/mol. The van der Waals surface area contributed by atoms with Crippen LogP contribution < -0.4 is 15.4 Å². The molecule has 2 amide bonds. The molecule has 1 heterocycles. The van der Waals surface area contributed by atoms with Crippen LogP contribution in [0, 0.1) is 0 Å². The van der Waals surface area contributed by atoms with Crippen LogP contribution in [-0.4, -0.2) is 29.9 Å². The predicted octanol–water partition coefficient (Wildman–Crippen LogP) is 2.16. The number of anilines is 1. The molecular weight excluding hydrogens is 306 g/mol. The Balaban J connectivity index is 1.58. The minimum Gasteiger partial charge on any atom is -0.481 e. The van der Waals surface area contributed by atoms with Crippen molar-refractivity contribution in [2.45, 2.75) is 25.3 Å². The Morgan fingerprint density at radius 3 is 2.62 bits per heavy atom. The van der Waals surface area contributed by atoms with Crippen LogP contribution in [0.2, 0.25) is 0 Å². The standard InChI is InChI=1S/C18H19N3O3/c1-24-17-11-13(8-9-19-17)18(23)21-15-4-2-12(3-5-15)10-16(22)20-14-6-7-14/h2-5,8-9,11,14H,6-7,10H2,1H3,(H,20,22)(H,21,23). The Bertz CT molecular complexity index is 739. The van der Waals surface area contributed by atoms with Gasteiger partial charge in [0.2, 0.25) is 11.8 Å². The van der Waals surface area contributed by atoms with E-state index in [1.165, 1.54) is 13.3 Å². The molecule has 0 aliphatic heterocycles. The Labute approximate surface area is 140 Å².